The lowest BCUT2D eigenvalue weighted by Gasteiger charge is -2.20. The van der Waals surface area contributed by atoms with Crippen LogP contribution in [0.15, 0.2) is 48.7 Å². The van der Waals surface area contributed by atoms with Gasteiger partial charge in [-0.05, 0) is 43.7 Å². The van der Waals surface area contributed by atoms with Crippen molar-refractivity contribution in [2.24, 2.45) is 0 Å². The van der Waals surface area contributed by atoms with Crippen molar-refractivity contribution in [1.29, 1.82) is 0 Å². The van der Waals surface area contributed by atoms with Gasteiger partial charge in [0.15, 0.2) is 0 Å². The fourth-order valence-corrected chi connectivity index (χ4v) is 2.81. The summed E-state index contributed by atoms with van der Waals surface area (Å²) in [5.41, 5.74) is 6.13. The minimum absolute atomic E-state index is 0.881. The molecule has 3 nitrogen and oxygen atoms in total. The first-order chi connectivity index (χ1) is 10.7. The molecule has 3 aromatic rings. The number of fused-ring (bicyclic) bond motifs is 1. The quantitative estimate of drug-likeness (QED) is 0.709. The number of hydrogen-bond donors (Lipinski definition) is 0. The molecule has 0 radical (unpaired) electrons. The molecule has 3 heteroatoms. The van der Waals surface area contributed by atoms with Crippen molar-refractivity contribution in [2.45, 2.75) is 33.9 Å². The van der Waals surface area contributed by atoms with Crippen LogP contribution in [0.1, 0.15) is 29.4 Å². The molecule has 0 atom stereocenters. The van der Waals surface area contributed by atoms with E-state index in [1.807, 2.05) is 0 Å². The molecule has 3 rings (SSSR count). The van der Waals surface area contributed by atoms with Crippen molar-refractivity contribution in [1.82, 2.24) is 14.3 Å². The average molecular weight is 293 g/mol. The maximum Gasteiger partial charge on any atom is 0.137 e. The van der Waals surface area contributed by atoms with Crippen LogP contribution in [0.5, 0.6) is 0 Å². The Morgan fingerprint density at radius 1 is 1.00 bits per heavy atom. The molecule has 0 saturated carbocycles. The van der Waals surface area contributed by atoms with Gasteiger partial charge in [0.25, 0.3) is 0 Å². The third kappa shape index (κ3) is 3.04. The smallest absolute Gasteiger partial charge is 0.137 e. The first kappa shape index (κ1) is 14.8. The van der Waals surface area contributed by atoms with Crippen LogP contribution in [-0.4, -0.2) is 20.8 Å². The van der Waals surface area contributed by atoms with Crippen LogP contribution in [0.2, 0.25) is 0 Å². The van der Waals surface area contributed by atoms with Crippen LogP contribution in [-0.2, 0) is 13.1 Å². The van der Waals surface area contributed by atoms with E-state index >= 15 is 0 Å². The predicted molar refractivity (Wildman–Crippen MR) is 90.9 cm³/mol. The molecule has 0 bridgehead atoms. The predicted octanol–water partition coefficient (Wildman–Crippen LogP) is 3.97. The van der Waals surface area contributed by atoms with Gasteiger partial charge in [-0.2, -0.15) is 0 Å². The largest absolute Gasteiger partial charge is 0.304 e. The van der Waals surface area contributed by atoms with E-state index in [1.165, 1.54) is 16.8 Å². The summed E-state index contributed by atoms with van der Waals surface area (Å²) in [6, 6.07) is 14.8. The highest BCUT2D eigenvalue weighted by Gasteiger charge is 2.10. The van der Waals surface area contributed by atoms with Crippen LogP contribution < -0.4 is 0 Å². The van der Waals surface area contributed by atoms with Crippen LogP contribution >= 0.6 is 0 Å². The summed E-state index contributed by atoms with van der Waals surface area (Å²) in [5.74, 6) is 0. The van der Waals surface area contributed by atoms with Gasteiger partial charge in [-0.15, -0.1) is 0 Å². The van der Waals surface area contributed by atoms with E-state index in [0.717, 1.165) is 31.0 Å². The summed E-state index contributed by atoms with van der Waals surface area (Å²) in [6.07, 6.45) is 2.16. The molecule has 0 aliphatic carbocycles. The molecule has 0 amide bonds. The number of pyridine rings is 1. The molecule has 2 aromatic heterocycles. The molecular weight excluding hydrogens is 270 g/mol. The van der Waals surface area contributed by atoms with Crippen molar-refractivity contribution in [3.63, 3.8) is 0 Å². The van der Waals surface area contributed by atoms with Crippen LogP contribution in [0.3, 0.4) is 0 Å². The number of aryl methyl sites for hydroxylation is 2. The van der Waals surface area contributed by atoms with Crippen molar-refractivity contribution in [2.75, 3.05) is 6.54 Å². The molecule has 0 spiro atoms. The van der Waals surface area contributed by atoms with E-state index in [0.29, 0.717) is 0 Å². The zero-order valence-corrected chi connectivity index (χ0v) is 13.6. The van der Waals surface area contributed by atoms with E-state index in [9.17, 15) is 0 Å². The molecule has 1 aromatic carbocycles. The maximum atomic E-state index is 4.75. The molecular formula is C19H23N3. The summed E-state index contributed by atoms with van der Waals surface area (Å²) in [5, 5.41) is 0. The highest BCUT2D eigenvalue weighted by atomic mass is 15.1. The second kappa shape index (κ2) is 6.32. The second-order valence-electron chi connectivity index (χ2n) is 5.86. The fraction of sp³-hybridized carbons (Fsp3) is 0.316. The lowest BCUT2D eigenvalue weighted by Crippen LogP contribution is -2.22. The molecule has 0 N–H and O–H groups in total. The molecule has 0 aliphatic heterocycles. The van der Waals surface area contributed by atoms with E-state index in [2.05, 4.69) is 78.7 Å². The molecule has 0 saturated heterocycles. The van der Waals surface area contributed by atoms with Crippen molar-refractivity contribution >= 4 is 5.65 Å². The van der Waals surface area contributed by atoms with Crippen LogP contribution in [0.4, 0.5) is 0 Å². The number of imidazole rings is 1. The maximum absolute atomic E-state index is 4.75. The SMILES string of the molecule is CCN(Cc1cn2c(C)cccc2n1)Cc1ccccc1C. The van der Waals surface area contributed by atoms with Gasteiger partial charge in [-0.3, -0.25) is 4.90 Å². The third-order valence-corrected chi connectivity index (χ3v) is 4.23. The van der Waals surface area contributed by atoms with Crippen molar-refractivity contribution in [3.05, 3.63) is 71.2 Å². The van der Waals surface area contributed by atoms with Gasteiger partial charge in [0.05, 0.1) is 5.69 Å². The van der Waals surface area contributed by atoms with Gasteiger partial charge in [0, 0.05) is 25.0 Å². The Labute approximate surface area is 132 Å². The van der Waals surface area contributed by atoms with Gasteiger partial charge in [-0.1, -0.05) is 37.3 Å². The lowest BCUT2D eigenvalue weighted by molar-refractivity contribution is 0.268. The Hall–Kier alpha value is -2.13. The van der Waals surface area contributed by atoms with E-state index < -0.39 is 0 Å². The Balaban J connectivity index is 1.79. The fourth-order valence-electron chi connectivity index (χ4n) is 2.81. The van der Waals surface area contributed by atoms with E-state index in [1.54, 1.807) is 0 Å². The molecule has 114 valence electrons. The van der Waals surface area contributed by atoms with Crippen LogP contribution in [0.25, 0.3) is 5.65 Å². The third-order valence-electron chi connectivity index (χ3n) is 4.23. The lowest BCUT2D eigenvalue weighted by atomic mass is 10.1. The Morgan fingerprint density at radius 2 is 1.82 bits per heavy atom. The Kier molecular flexibility index (Phi) is 4.25. The number of nitrogens with zero attached hydrogens (tertiary/aromatic N) is 3. The molecule has 22 heavy (non-hydrogen) atoms. The number of aromatic nitrogens is 2. The van der Waals surface area contributed by atoms with Crippen molar-refractivity contribution < 1.29 is 0 Å². The van der Waals surface area contributed by atoms with Gasteiger partial charge in [0.1, 0.15) is 5.65 Å². The van der Waals surface area contributed by atoms with Gasteiger partial charge in [0.2, 0.25) is 0 Å². The number of benzene rings is 1. The monoisotopic (exact) mass is 293 g/mol. The molecule has 0 unspecified atom stereocenters. The van der Waals surface area contributed by atoms with Gasteiger partial charge < -0.3 is 4.40 Å². The second-order valence-corrected chi connectivity index (χ2v) is 5.86. The molecule has 2 heterocycles. The summed E-state index contributed by atoms with van der Waals surface area (Å²) < 4.78 is 2.16. The van der Waals surface area contributed by atoms with E-state index in [4.69, 9.17) is 4.98 Å². The van der Waals surface area contributed by atoms with Crippen molar-refractivity contribution in [3.8, 4) is 0 Å². The Morgan fingerprint density at radius 3 is 2.55 bits per heavy atom. The van der Waals surface area contributed by atoms with Gasteiger partial charge in [-0.25, -0.2) is 4.98 Å². The first-order valence-corrected chi connectivity index (χ1v) is 7.88. The summed E-state index contributed by atoms with van der Waals surface area (Å²) in [4.78, 5) is 7.18. The molecule has 0 aliphatic rings. The molecule has 0 fully saturated rings. The summed E-state index contributed by atoms with van der Waals surface area (Å²) >= 11 is 0. The summed E-state index contributed by atoms with van der Waals surface area (Å²) in [6.45, 7) is 9.36. The highest BCUT2D eigenvalue weighted by molar-refractivity contribution is 5.41. The highest BCUT2D eigenvalue weighted by Crippen LogP contribution is 2.14. The first-order valence-electron chi connectivity index (χ1n) is 7.88. The van der Waals surface area contributed by atoms with Crippen LogP contribution in [0, 0.1) is 13.8 Å². The van der Waals surface area contributed by atoms with Gasteiger partial charge >= 0.3 is 0 Å². The summed E-state index contributed by atoms with van der Waals surface area (Å²) in [7, 11) is 0. The zero-order valence-electron chi connectivity index (χ0n) is 13.6. The minimum Gasteiger partial charge on any atom is -0.304 e. The number of hydrogen-bond acceptors (Lipinski definition) is 2. The standard InChI is InChI=1S/C19H23N3/c1-4-21(12-17-10-6-5-8-15(17)2)13-18-14-22-16(3)9-7-11-19(22)20-18/h5-11,14H,4,12-13H2,1-3H3. The number of rotatable bonds is 5. The minimum atomic E-state index is 0.881. The Bertz CT molecular complexity index is 773. The normalized spacial score (nSPS) is 11.5. The zero-order chi connectivity index (χ0) is 15.5. The van der Waals surface area contributed by atoms with E-state index in [-0.39, 0.29) is 0 Å². The average Bonchev–Trinajstić information content (AvgIpc) is 2.93. The topological polar surface area (TPSA) is 20.5 Å².